The SMILES string of the molecule is COC(=O)CNC(=O)[C@H](CS)CC(=O)OCC1c2ccccc2-c2ccccc21. The van der Waals surface area contributed by atoms with Crippen LogP contribution < -0.4 is 5.32 Å². The van der Waals surface area contributed by atoms with Crippen LogP contribution in [0.5, 0.6) is 0 Å². The highest BCUT2D eigenvalue weighted by Crippen LogP contribution is 2.44. The zero-order valence-electron chi connectivity index (χ0n) is 16.1. The van der Waals surface area contributed by atoms with Crippen LogP contribution in [0.3, 0.4) is 0 Å². The molecule has 0 aromatic heterocycles. The number of nitrogens with one attached hydrogen (secondary N) is 1. The summed E-state index contributed by atoms with van der Waals surface area (Å²) in [5, 5.41) is 2.44. The summed E-state index contributed by atoms with van der Waals surface area (Å²) in [7, 11) is 1.24. The number of ether oxygens (including phenoxy) is 2. The van der Waals surface area contributed by atoms with E-state index in [9.17, 15) is 14.4 Å². The lowest BCUT2D eigenvalue weighted by atomic mass is 9.98. The molecule has 7 heteroatoms. The number of carbonyl (C=O) groups is 3. The first-order valence-electron chi connectivity index (χ1n) is 9.34. The van der Waals surface area contributed by atoms with Crippen LogP contribution in [-0.4, -0.2) is 43.9 Å². The maximum absolute atomic E-state index is 12.4. The molecule has 1 aliphatic rings. The Morgan fingerprint density at radius 3 is 2.14 bits per heavy atom. The molecule has 0 aliphatic heterocycles. The van der Waals surface area contributed by atoms with Crippen molar-refractivity contribution in [2.75, 3.05) is 26.0 Å². The van der Waals surface area contributed by atoms with Crippen LogP contribution in [0.2, 0.25) is 0 Å². The molecule has 0 unspecified atom stereocenters. The van der Waals surface area contributed by atoms with Crippen molar-refractivity contribution < 1.29 is 23.9 Å². The molecule has 1 atom stereocenters. The number of amides is 1. The molecule has 0 spiro atoms. The van der Waals surface area contributed by atoms with Crippen molar-refractivity contribution in [3.8, 4) is 11.1 Å². The normalized spacial score (nSPS) is 13.2. The number of hydrogen-bond acceptors (Lipinski definition) is 6. The monoisotopic (exact) mass is 413 g/mol. The Morgan fingerprint density at radius 1 is 1.00 bits per heavy atom. The van der Waals surface area contributed by atoms with E-state index in [-0.39, 0.29) is 31.2 Å². The second-order valence-corrected chi connectivity index (χ2v) is 7.15. The topological polar surface area (TPSA) is 81.7 Å². The van der Waals surface area contributed by atoms with Crippen LogP contribution in [0, 0.1) is 5.92 Å². The van der Waals surface area contributed by atoms with Crippen LogP contribution in [0.15, 0.2) is 48.5 Å². The first-order valence-corrected chi connectivity index (χ1v) is 9.97. The Bertz CT molecular complexity index is 868. The zero-order chi connectivity index (χ0) is 20.8. The van der Waals surface area contributed by atoms with Gasteiger partial charge in [0.1, 0.15) is 13.2 Å². The second kappa shape index (κ2) is 9.60. The van der Waals surface area contributed by atoms with Crippen LogP contribution in [0.25, 0.3) is 11.1 Å². The highest BCUT2D eigenvalue weighted by molar-refractivity contribution is 7.80. The Hall–Kier alpha value is -2.80. The fourth-order valence-electron chi connectivity index (χ4n) is 3.49. The third-order valence-electron chi connectivity index (χ3n) is 5.01. The van der Waals surface area contributed by atoms with E-state index in [4.69, 9.17) is 4.74 Å². The third kappa shape index (κ3) is 4.79. The minimum absolute atomic E-state index is 0.0334. The molecule has 0 heterocycles. The van der Waals surface area contributed by atoms with Crippen molar-refractivity contribution in [1.29, 1.82) is 0 Å². The smallest absolute Gasteiger partial charge is 0.325 e. The molecular weight excluding hydrogens is 390 g/mol. The number of benzene rings is 2. The number of thiol groups is 1. The quantitative estimate of drug-likeness (QED) is 0.514. The van der Waals surface area contributed by atoms with Crippen molar-refractivity contribution >= 4 is 30.5 Å². The molecule has 0 saturated heterocycles. The first kappa shape index (κ1) is 20.9. The van der Waals surface area contributed by atoms with Gasteiger partial charge in [-0.05, 0) is 22.3 Å². The fourth-order valence-corrected chi connectivity index (χ4v) is 3.79. The number of rotatable bonds is 8. The summed E-state index contributed by atoms with van der Waals surface area (Å²) in [6, 6.07) is 16.2. The molecule has 0 fully saturated rings. The maximum Gasteiger partial charge on any atom is 0.325 e. The molecular formula is C22H23NO5S. The van der Waals surface area contributed by atoms with E-state index >= 15 is 0 Å². The summed E-state index contributed by atoms with van der Waals surface area (Å²) in [4.78, 5) is 35.7. The standard InChI is InChI=1S/C22H23NO5S/c1-27-21(25)11-23-22(26)14(13-29)10-20(24)28-12-19-17-8-4-2-6-15(17)16-7-3-5-9-18(16)19/h2-9,14,19,29H,10-13H2,1H3,(H,23,26)/t14-/m0/s1. The molecule has 1 aliphatic carbocycles. The lowest BCUT2D eigenvalue weighted by molar-refractivity contribution is -0.147. The molecule has 6 nitrogen and oxygen atoms in total. The summed E-state index contributed by atoms with van der Waals surface area (Å²) in [6.45, 7) is -0.0414. The third-order valence-corrected chi connectivity index (χ3v) is 5.45. The molecule has 1 N–H and O–H groups in total. The van der Waals surface area contributed by atoms with Gasteiger partial charge in [0.25, 0.3) is 0 Å². The van der Waals surface area contributed by atoms with Gasteiger partial charge in [-0.1, -0.05) is 48.5 Å². The van der Waals surface area contributed by atoms with E-state index in [0.29, 0.717) is 0 Å². The molecule has 152 valence electrons. The Morgan fingerprint density at radius 2 is 1.59 bits per heavy atom. The fraction of sp³-hybridized carbons (Fsp3) is 0.318. The van der Waals surface area contributed by atoms with Crippen molar-refractivity contribution in [1.82, 2.24) is 5.32 Å². The van der Waals surface area contributed by atoms with Crippen molar-refractivity contribution in [3.05, 3.63) is 59.7 Å². The van der Waals surface area contributed by atoms with Gasteiger partial charge in [-0.15, -0.1) is 0 Å². The van der Waals surface area contributed by atoms with E-state index in [1.165, 1.54) is 7.11 Å². The van der Waals surface area contributed by atoms with Crippen LogP contribution >= 0.6 is 12.6 Å². The number of carbonyl (C=O) groups excluding carboxylic acids is 3. The summed E-state index contributed by atoms with van der Waals surface area (Å²) in [6.07, 6.45) is -0.105. The van der Waals surface area contributed by atoms with Gasteiger partial charge < -0.3 is 14.8 Å². The van der Waals surface area contributed by atoms with Crippen LogP contribution in [0.4, 0.5) is 0 Å². The number of hydrogen-bond donors (Lipinski definition) is 2. The van der Waals surface area contributed by atoms with Gasteiger partial charge in [0.2, 0.25) is 5.91 Å². The van der Waals surface area contributed by atoms with Gasteiger partial charge in [0, 0.05) is 11.7 Å². The predicted octanol–water partition coefficient (Wildman–Crippen LogP) is 2.57. The van der Waals surface area contributed by atoms with E-state index in [1.54, 1.807) is 0 Å². The summed E-state index contributed by atoms with van der Waals surface area (Å²) < 4.78 is 10.0. The van der Waals surface area contributed by atoms with Gasteiger partial charge in [-0.3, -0.25) is 14.4 Å². The van der Waals surface area contributed by atoms with Crippen molar-refractivity contribution in [3.63, 3.8) is 0 Å². The Kier molecular flexibility index (Phi) is 6.93. The van der Waals surface area contributed by atoms with E-state index in [0.717, 1.165) is 22.3 Å². The van der Waals surface area contributed by atoms with Gasteiger partial charge in [0.05, 0.1) is 19.4 Å². The lowest BCUT2D eigenvalue weighted by Gasteiger charge is -2.16. The average molecular weight is 413 g/mol. The highest BCUT2D eigenvalue weighted by Gasteiger charge is 2.29. The van der Waals surface area contributed by atoms with Crippen molar-refractivity contribution in [2.45, 2.75) is 12.3 Å². The zero-order valence-corrected chi connectivity index (χ0v) is 17.0. The number of methoxy groups -OCH3 is 1. The predicted molar refractivity (Wildman–Crippen MR) is 112 cm³/mol. The van der Waals surface area contributed by atoms with Gasteiger partial charge in [-0.2, -0.15) is 12.6 Å². The highest BCUT2D eigenvalue weighted by atomic mass is 32.1. The minimum atomic E-state index is -0.682. The molecule has 2 aromatic carbocycles. The van der Waals surface area contributed by atoms with E-state index in [1.807, 2.05) is 36.4 Å². The minimum Gasteiger partial charge on any atom is -0.468 e. The Labute approximate surface area is 175 Å². The van der Waals surface area contributed by atoms with E-state index in [2.05, 4.69) is 34.8 Å². The molecule has 0 radical (unpaired) electrons. The molecule has 0 bridgehead atoms. The molecule has 29 heavy (non-hydrogen) atoms. The second-order valence-electron chi connectivity index (χ2n) is 6.79. The van der Waals surface area contributed by atoms with Crippen molar-refractivity contribution in [2.24, 2.45) is 5.92 Å². The molecule has 2 aromatic rings. The summed E-state index contributed by atoms with van der Waals surface area (Å²) in [5.41, 5.74) is 4.56. The van der Waals surface area contributed by atoms with Crippen LogP contribution in [-0.2, 0) is 23.9 Å². The average Bonchev–Trinajstić information content (AvgIpc) is 3.07. The lowest BCUT2D eigenvalue weighted by Crippen LogP contribution is -2.37. The molecule has 0 saturated carbocycles. The largest absolute Gasteiger partial charge is 0.468 e. The number of fused-ring (bicyclic) bond motifs is 3. The van der Waals surface area contributed by atoms with Crippen LogP contribution in [0.1, 0.15) is 23.5 Å². The van der Waals surface area contributed by atoms with E-state index < -0.39 is 23.8 Å². The molecule has 3 rings (SSSR count). The first-order chi connectivity index (χ1) is 14.0. The van der Waals surface area contributed by atoms with Gasteiger partial charge in [-0.25, -0.2) is 0 Å². The van der Waals surface area contributed by atoms with Gasteiger partial charge in [0.15, 0.2) is 0 Å². The van der Waals surface area contributed by atoms with Gasteiger partial charge >= 0.3 is 11.9 Å². The summed E-state index contributed by atoms with van der Waals surface area (Å²) >= 11 is 4.14. The molecule has 1 amide bonds. The maximum atomic E-state index is 12.4. The summed E-state index contributed by atoms with van der Waals surface area (Å²) in [5.74, 6) is -2.01. The Balaban J connectivity index is 1.60. The number of esters is 2.